The number of hydrogen-bond acceptors (Lipinski definition) is 2. The summed E-state index contributed by atoms with van der Waals surface area (Å²) in [6.45, 7) is 12.0. The van der Waals surface area contributed by atoms with Crippen molar-refractivity contribution in [2.75, 3.05) is 0 Å². The van der Waals surface area contributed by atoms with Gasteiger partial charge in [0, 0.05) is 5.54 Å². The highest BCUT2D eigenvalue weighted by atomic mass is 16.4. The van der Waals surface area contributed by atoms with E-state index in [1.54, 1.807) is 6.92 Å². The van der Waals surface area contributed by atoms with Gasteiger partial charge in [-0.1, -0.05) is 13.8 Å². The molecule has 3 nitrogen and oxygen atoms in total. The summed E-state index contributed by atoms with van der Waals surface area (Å²) in [7, 11) is 0. The summed E-state index contributed by atoms with van der Waals surface area (Å²) in [5.41, 5.74) is -0.993. The minimum absolute atomic E-state index is 0.176. The second-order valence-electron chi connectivity index (χ2n) is 5.94. The fraction of sp³-hybridized carbons (Fsp3) is 0.917. The van der Waals surface area contributed by atoms with Gasteiger partial charge < -0.3 is 5.11 Å². The molecule has 1 unspecified atom stereocenters. The molecule has 90 valence electrons. The van der Waals surface area contributed by atoms with Crippen molar-refractivity contribution in [2.45, 2.75) is 65.5 Å². The van der Waals surface area contributed by atoms with Crippen LogP contribution in [0.2, 0.25) is 0 Å². The average molecular weight is 215 g/mol. The lowest BCUT2D eigenvalue weighted by Gasteiger charge is -2.34. The molecule has 0 fully saturated rings. The molecule has 0 aromatic rings. The molecule has 0 amide bonds. The van der Waals surface area contributed by atoms with Crippen LogP contribution in [-0.2, 0) is 4.79 Å². The molecular formula is C12H25NO2. The van der Waals surface area contributed by atoms with Crippen LogP contribution in [0, 0.1) is 5.92 Å². The van der Waals surface area contributed by atoms with Gasteiger partial charge in [0.25, 0.3) is 0 Å². The first-order chi connectivity index (χ1) is 6.57. The Kier molecular flexibility index (Phi) is 4.78. The van der Waals surface area contributed by atoms with Gasteiger partial charge >= 0.3 is 5.97 Å². The average Bonchev–Trinajstić information content (AvgIpc) is 1.97. The van der Waals surface area contributed by atoms with E-state index in [9.17, 15) is 9.90 Å². The maximum absolute atomic E-state index is 11.2. The van der Waals surface area contributed by atoms with E-state index in [4.69, 9.17) is 0 Å². The SMILES string of the molecule is CC(C)CCC(C)(NC(C)(C)C)C(=O)O. The number of carboxylic acids is 1. The predicted octanol–water partition coefficient (Wildman–Crippen LogP) is 2.65. The standard InChI is InChI=1S/C12H25NO2/c1-9(2)7-8-12(6,10(14)15)13-11(3,4)5/h9,13H,7-8H2,1-6H3,(H,14,15). The quantitative estimate of drug-likeness (QED) is 0.741. The Labute approximate surface area is 93.3 Å². The Morgan fingerprint density at radius 1 is 1.27 bits per heavy atom. The normalized spacial score (nSPS) is 16.5. The fourth-order valence-electron chi connectivity index (χ4n) is 1.63. The summed E-state index contributed by atoms with van der Waals surface area (Å²) in [5.74, 6) is -0.233. The molecule has 0 saturated carbocycles. The van der Waals surface area contributed by atoms with Crippen LogP contribution in [0.15, 0.2) is 0 Å². The highest BCUT2D eigenvalue weighted by molar-refractivity contribution is 5.78. The lowest BCUT2D eigenvalue weighted by molar-refractivity contribution is -0.145. The maximum atomic E-state index is 11.2. The molecular weight excluding hydrogens is 190 g/mol. The first-order valence-corrected chi connectivity index (χ1v) is 5.59. The van der Waals surface area contributed by atoms with Crippen LogP contribution in [0.1, 0.15) is 54.4 Å². The molecule has 0 aliphatic rings. The number of nitrogens with one attached hydrogen (secondary N) is 1. The number of rotatable bonds is 5. The van der Waals surface area contributed by atoms with Crippen molar-refractivity contribution in [1.29, 1.82) is 0 Å². The summed E-state index contributed by atoms with van der Waals surface area (Å²) in [6, 6.07) is 0. The molecule has 0 heterocycles. The largest absolute Gasteiger partial charge is 0.480 e. The third kappa shape index (κ3) is 5.78. The summed E-state index contributed by atoms with van der Waals surface area (Å²) < 4.78 is 0. The highest BCUT2D eigenvalue weighted by Gasteiger charge is 2.35. The Morgan fingerprint density at radius 2 is 1.73 bits per heavy atom. The molecule has 0 spiro atoms. The first kappa shape index (κ1) is 14.4. The monoisotopic (exact) mass is 215 g/mol. The second kappa shape index (κ2) is 4.97. The van der Waals surface area contributed by atoms with Gasteiger partial charge in [-0.2, -0.15) is 0 Å². The predicted molar refractivity (Wildman–Crippen MR) is 63.0 cm³/mol. The van der Waals surface area contributed by atoms with Crippen LogP contribution in [0.3, 0.4) is 0 Å². The van der Waals surface area contributed by atoms with Gasteiger partial charge in [-0.25, -0.2) is 0 Å². The molecule has 0 aromatic carbocycles. The minimum Gasteiger partial charge on any atom is -0.480 e. The summed E-state index contributed by atoms with van der Waals surface area (Å²) >= 11 is 0. The van der Waals surface area contributed by atoms with Crippen molar-refractivity contribution in [1.82, 2.24) is 5.32 Å². The highest BCUT2D eigenvalue weighted by Crippen LogP contribution is 2.20. The third-order valence-corrected chi connectivity index (χ3v) is 2.34. The molecule has 0 bridgehead atoms. The van der Waals surface area contributed by atoms with E-state index >= 15 is 0 Å². The zero-order valence-corrected chi connectivity index (χ0v) is 10.8. The first-order valence-electron chi connectivity index (χ1n) is 5.59. The van der Waals surface area contributed by atoms with E-state index in [1.807, 2.05) is 20.8 Å². The molecule has 3 heteroatoms. The van der Waals surface area contributed by atoms with Gasteiger partial charge in [0.05, 0.1) is 0 Å². The van der Waals surface area contributed by atoms with Crippen molar-refractivity contribution in [3.8, 4) is 0 Å². The van der Waals surface area contributed by atoms with Crippen molar-refractivity contribution in [3.05, 3.63) is 0 Å². The van der Waals surface area contributed by atoms with E-state index in [0.717, 1.165) is 6.42 Å². The van der Waals surface area contributed by atoms with Crippen molar-refractivity contribution < 1.29 is 9.90 Å². The summed E-state index contributed by atoms with van der Waals surface area (Å²) in [6.07, 6.45) is 1.59. The van der Waals surface area contributed by atoms with E-state index < -0.39 is 11.5 Å². The third-order valence-electron chi connectivity index (χ3n) is 2.34. The molecule has 1 atom stereocenters. The van der Waals surface area contributed by atoms with Gasteiger partial charge in [0.1, 0.15) is 5.54 Å². The number of carboxylic acid groups (broad SMARTS) is 1. The smallest absolute Gasteiger partial charge is 0.323 e. The van der Waals surface area contributed by atoms with Crippen LogP contribution in [-0.4, -0.2) is 22.2 Å². The molecule has 0 aromatic heterocycles. The molecule has 0 rings (SSSR count). The number of aliphatic carboxylic acids is 1. The van der Waals surface area contributed by atoms with E-state index in [0.29, 0.717) is 12.3 Å². The Balaban J connectivity index is 4.53. The number of hydrogen-bond donors (Lipinski definition) is 2. The topological polar surface area (TPSA) is 49.3 Å². The Morgan fingerprint density at radius 3 is 2.00 bits per heavy atom. The molecule has 0 radical (unpaired) electrons. The molecule has 0 aliphatic heterocycles. The lowest BCUT2D eigenvalue weighted by Crippen LogP contribution is -2.57. The van der Waals surface area contributed by atoms with Crippen LogP contribution in [0.5, 0.6) is 0 Å². The summed E-state index contributed by atoms with van der Waals surface area (Å²) in [4.78, 5) is 11.2. The summed E-state index contributed by atoms with van der Waals surface area (Å²) in [5, 5.41) is 12.4. The van der Waals surface area contributed by atoms with Gasteiger partial charge in [-0.05, 0) is 46.5 Å². The van der Waals surface area contributed by atoms with Crippen molar-refractivity contribution >= 4 is 5.97 Å². The second-order valence-corrected chi connectivity index (χ2v) is 5.94. The van der Waals surface area contributed by atoms with Crippen LogP contribution in [0.4, 0.5) is 0 Å². The number of carbonyl (C=O) groups is 1. The van der Waals surface area contributed by atoms with Gasteiger partial charge in [-0.3, -0.25) is 10.1 Å². The Hall–Kier alpha value is -0.570. The van der Waals surface area contributed by atoms with E-state index in [1.165, 1.54) is 0 Å². The van der Waals surface area contributed by atoms with Crippen LogP contribution >= 0.6 is 0 Å². The molecule has 15 heavy (non-hydrogen) atoms. The molecule has 0 aliphatic carbocycles. The zero-order chi connectivity index (χ0) is 12.3. The lowest BCUT2D eigenvalue weighted by atomic mass is 9.89. The van der Waals surface area contributed by atoms with Crippen molar-refractivity contribution in [3.63, 3.8) is 0 Å². The van der Waals surface area contributed by atoms with Gasteiger partial charge in [0.2, 0.25) is 0 Å². The van der Waals surface area contributed by atoms with Crippen LogP contribution < -0.4 is 5.32 Å². The maximum Gasteiger partial charge on any atom is 0.323 e. The van der Waals surface area contributed by atoms with Gasteiger partial charge in [0.15, 0.2) is 0 Å². The fourth-order valence-corrected chi connectivity index (χ4v) is 1.63. The van der Waals surface area contributed by atoms with Gasteiger partial charge in [-0.15, -0.1) is 0 Å². The van der Waals surface area contributed by atoms with E-state index in [2.05, 4.69) is 19.2 Å². The Bertz CT molecular complexity index is 218. The zero-order valence-electron chi connectivity index (χ0n) is 10.8. The van der Waals surface area contributed by atoms with Crippen LogP contribution in [0.25, 0.3) is 0 Å². The molecule has 2 N–H and O–H groups in total. The minimum atomic E-state index is -0.817. The van der Waals surface area contributed by atoms with Crippen molar-refractivity contribution in [2.24, 2.45) is 5.92 Å². The van der Waals surface area contributed by atoms with E-state index in [-0.39, 0.29) is 5.54 Å². The molecule has 0 saturated heterocycles.